The van der Waals surface area contributed by atoms with Crippen LogP contribution in [0.25, 0.3) is 0 Å². The molecule has 1 atom stereocenters. The fourth-order valence-electron chi connectivity index (χ4n) is 1.40. The summed E-state index contributed by atoms with van der Waals surface area (Å²) in [5.74, 6) is 2.88. The number of hydrogen-bond donors (Lipinski definition) is 1. The third-order valence-corrected chi connectivity index (χ3v) is 3.68. The van der Waals surface area contributed by atoms with Gasteiger partial charge in [0.2, 0.25) is 0 Å². The molecule has 1 aliphatic heterocycles. The first-order valence-electron chi connectivity index (χ1n) is 5.43. The molecule has 16 heavy (non-hydrogen) atoms. The second-order valence-electron chi connectivity index (χ2n) is 3.90. The van der Waals surface area contributed by atoms with Gasteiger partial charge in [-0.1, -0.05) is 6.92 Å². The van der Waals surface area contributed by atoms with Crippen molar-refractivity contribution in [2.75, 3.05) is 25.6 Å². The molecule has 0 aliphatic carbocycles. The Balaban J connectivity index is 2.00. The first-order chi connectivity index (χ1) is 7.79. The molecule has 4 heteroatoms. The molecule has 0 spiro atoms. The molecule has 1 unspecified atom stereocenters. The van der Waals surface area contributed by atoms with Gasteiger partial charge < -0.3 is 14.6 Å². The predicted molar refractivity (Wildman–Crippen MR) is 64.4 cm³/mol. The molecule has 1 aromatic rings. The standard InChI is InChI=1S/C12H16O3S/c1-9(7-13)8-16-10-2-3-11-12(6-10)15-5-4-14-11/h2-3,6,9,13H,4-5,7-8H2,1H3. The van der Waals surface area contributed by atoms with Crippen molar-refractivity contribution in [3.8, 4) is 11.5 Å². The van der Waals surface area contributed by atoms with E-state index < -0.39 is 0 Å². The minimum atomic E-state index is 0.234. The van der Waals surface area contributed by atoms with Crippen molar-refractivity contribution in [3.05, 3.63) is 18.2 Å². The van der Waals surface area contributed by atoms with Crippen LogP contribution >= 0.6 is 11.8 Å². The van der Waals surface area contributed by atoms with Gasteiger partial charge in [0.25, 0.3) is 0 Å². The average Bonchev–Trinajstić information content (AvgIpc) is 2.35. The maximum atomic E-state index is 8.95. The number of ether oxygens (including phenoxy) is 2. The number of benzene rings is 1. The number of hydrogen-bond acceptors (Lipinski definition) is 4. The molecule has 0 aromatic heterocycles. The van der Waals surface area contributed by atoms with Crippen LogP contribution in [0.2, 0.25) is 0 Å². The van der Waals surface area contributed by atoms with Gasteiger partial charge in [0.05, 0.1) is 0 Å². The van der Waals surface area contributed by atoms with E-state index in [2.05, 4.69) is 0 Å². The minimum Gasteiger partial charge on any atom is -0.486 e. The first kappa shape index (κ1) is 11.6. The highest BCUT2D eigenvalue weighted by atomic mass is 32.2. The molecule has 0 saturated carbocycles. The molecule has 0 fully saturated rings. The van der Waals surface area contributed by atoms with Crippen LogP contribution in [0, 0.1) is 5.92 Å². The molecule has 2 rings (SSSR count). The lowest BCUT2D eigenvalue weighted by Crippen LogP contribution is -2.15. The van der Waals surface area contributed by atoms with Crippen molar-refractivity contribution >= 4 is 11.8 Å². The molecule has 1 N–H and O–H groups in total. The van der Waals surface area contributed by atoms with Crippen molar-refractivity contribution in [1.82, 2.24) is 0 Å². The maximum Gasteiger partial charge on any atom is 0.162 e. The number of fused-ring (bicyclic) bond motifs is 1. The summed E-state index contributed by atoms with van der Waals surface area (Å²) in [7, 11) is 0. The lowest BCUT2D eigenvalue weighted by atomic mass is 10.2. The van der Waals surface area contributed by atoms with Crippen LogP contribution in [0.3, 0.4) is 0 Å². The van der Waals surface area contributed by atoms with E-state index in [0.29, 0.717) is 19.1 Å². The highest BCUT2D eigenvalue weighted by Gasteiger charge is 2.12. The van der Waals surface area contributed by atoms with Gasteiger partial charge in [-0.3, -0.25) is 0 Å². The Hall–Kier alpha value is -0.870. The molecule has 1 heterocycles. The van der Waals surface area contributed by atoms with Gasteiger partial charge in [-0.25, -0.2) is 0 Å². The summed E-state index contributed by atoms with van der Waals surface area (Å²) < 4.78 is 11.0. The number of aliphatic hydroxyl groups excluding tert-OH is 1. The molecule has 0 amide bonds. The molecule has 88 valence electrons. The van der Waals surface area contributed by atoms with Crippen LogP contribution in [-0.4, -0.2) is 30.7 Å². The quantitative estimate of drug-likeness (QED) is 0.819. The molecule has 0 radical (unpaired) electrons. The van der Waals surface area contributed by atoms with Gasteiger partial charge in [-0.2, -0.15) is 0 Å². The normalized spacial score (nSPS) is 15.9. The van der Waals surface area contributed by atoms with Gasteiger partial charge in [-0.05, 0) is 24.1 Å². The summed E-state index contributed by atoms with van der Waals surface area (Å²) in [6, 6.07) is 5.98. The molecular weight excluding hydrogens is 224 g/mol. The van der Waals surface area contributed by atoms with Gasteiger partial charge in [-0.15, -0.1) is 11.8 Å². The van der Waals surface area contributed by atoms with E-state index in [1.807, 2.05) is 25.1 Å². The molecule has 0 saturated heterocycles. The van der Waals surface area contributed by atoms with Crippen molar-refractivity contribution < 1.29 is 14.6 Å². The Kier molecular flexibility index (Phi) is 3.96. The monoisotopic (exact) mass is 240 g/mol. The molecule has 0 bridgehead atoms. The fraction of sp³-hybridized carbons (Fsp3) is 0.500. The largest absolute Gasteiger partial charge is 0.486 e. The van der Waals surface area contributed by atoms with Gasteiger partial charge in [0.15, 0.2) is 11.5 Å². The molecule has 1 aromatic carbocycles. The van der Waals surface area contributed by atoms with Crippen LogP contribution in [0.5, 0.6) is 11.5 Å². The summed E-state index contributed by atoms with van der Waals surface area (Å²) in [5.41, 5.74) is 0. The predicted octanol–water partition coefficient (Wildman–Crippen LogP) is 2.18. The number of aliphatic hydroxyl groups is 1. The van der Waals surface area contributed by atoms with Crippen molar-refractivity contribution in [1.29, 1.82) is 0 Å². The van der Waals surface area contributed by atoms with Gasteiger partial charge >= 0.3 is 0 Å². The van der Waals surface area contributed by atoms with Crippen molar-refractivity contribution in [3.63, 3.8) is 0 Å². The fourth-order valence-corrected chi connectivity index (χ4v) is 2.34. The smallest absolute Gasteiger partial charge is 0.162 e. The minimum absolute atomic E-state index is 0.234. The van der Waals surface area contributed by atoms with Gasteiger partial charge in [0, 0.05) is 17.3 Å². The lowest BCUT2D eigenvalue weighted by Gasteiger charge is -2.18. The van der Waals surface area contributed by atoms with Crippen LogP contribution in [0.15, 0.2) is 23.1 Å². The Morgan fingerprint density at radius 1 is 1.31 bits per heavy atom. The van der Waals surface area contributed by atoms with Crippen molar-refractivity contribution in [2.24, 2.45) is 5.92 Å². The third-order valence-electron chi connectivity index (χ3n) is 2.36. The van der Waals surface area contributed by atoms with Crippen LogP contribution in [-0.2, 0) is 0 Å². The third kappa shape index (κ3) is 2.83. The maximum absolute atomic E-state index is 8.95. The van der Waals surface area contributed by atoms with Crippen LogP contribution in [0.1, 0.15) is 6.92 Å². The summed E-state index contributed by atoms with van der Waals surface area (Å²) in [6.45, 7) is 3.51. The van der Waals surface area contributed by atoms with Crippen molar-refractivity contribution in [2.45, 2.75) is 11.8 Å². The zero-order valence-electron chi connectivity index (χ0n) is 9.31. The van der Waals surface area contributed by atoms with Gasteiger partial charge in [0.1, 0.15) is 13.2 Å². The van der Waals surface area contributed by atoms with E-state index in [1.54, 1.807) is 11.8 Å². The second kappa shape index (κ2) is 5.46. The summed E-state index contributed by atoms with van der Waals surface area (Å²) in [5, 5.41) is 8.95. The SMILES string of the molecule is CC(CO)CSc1ccc2c(c1)OCCO2. The summed E-state index contributed by atoms with van der Waals surface area (Å²) in [6.07, 6.45) is 0. The topological polar surface area (TPSA) is 38.7 Å². The summed E-state index contributed by atoms with van der Waals surface area (Å²) >= 11 is 1.73. The highest BCUT2D eigenvalue weighted by Crippen LogP contribution is 2.34. The molecular formula is C12H16O3S. The van der Waals surface area contributed by atoms with E-state index in [0.717, 1.165) is 22.1 Å². The van der Waals surface area contributed by atoms with E-state index in [4.69, 9.17) is 14.6 Å². The van der Waals surface area contributed by atoms with Crippen LogP contribution < -0.4 is 9.47 Å². The Bertz CT molecular complexity index is 354. The zero-order chi connectivity index (χ0) is 11.4. The summed E-state index contributed by atoms with van der Waals surface area (Å²) in [4.78, 5) is 1.16. The Morgan fingerprint density at radius 2 is 2.06 bits per heavy atom. The first-order valence-corrected chi connectivity index (χ1v) is 6.41. The Morgan fingerprint density at radius 3 is 2.81 bits per heavy atom. The highest BCUT2D eigenvalue weighted by molar-refractivity contribution is 7.99. The van der Waals surface area contributed by atoms with E-state index in [-0.39, 0.29) is 6.61 Å². The molecule has 1 aliphatic rings. The molecule has 3 nitrogen and oxygen atoms in total. The zero-order valence-corrected chi connectivity index (χ0v) is 10.1. The second-order valence-corrected chi connectivity index (χ2v) is 5.00. The van der Waals surface area contributed by atoms with E-state index in [1.165, 1.54) is 0 Å². The van der Waals surface area contributed by atoms with E-state index in [9.17, 15) is 0 Å². The van der Waals surface area contributed by atoms with Crippen LogP contribution in [0.4, 0.5) is 0 Å². The average molecular weight is 240 g/mol. The lowest BCUT2D eigenvalue weighted by molar-refractivity contribution is 0.171. The van der Waals surface area contributed by atoms with E-state index >= 15 is 0 Å². The number of thioether (sulfide) groups is 1. The Labute approximate surface area is 99.8 Å². The number of rotatable bonds is 4.